The van der Waals surface area contributed by atoms with Gasteiger partial charge in [0, 0.05) is 17.7 Å². The number of hydrogen-bond acceptors (Lipinski definition) is 2. The van der Waals surface area contributed by atoms with Crippen LogP contribution in [-0.4, -0.2) is 5.78 Å². The summed E-state index contributed by atoms with van der Waals surface area (Å²) in [4.78, 5) is 12.2. The van der Waals surface area contributed by atoms with Crippen LogP contribution in [0.3, 0.4) is 0 Å². The Hall–Kier alpha value is -2.87. The molecule has 1 N–H and O–H groups in total. The van der Waals surface area contributed by atoms with Gasteiger partial charge in [-0.25, -0.2) is 0 Å². The van der Waals surface area contributed by atoms with Crippen molar-refractivity contribution in [3.8, 4) is 0 Å². The molecule has 0 unspecified atom stereocenters. The molecule has 0 atom stereocenters. The quantitative estimate of drug-likeness (QED) is 0.333. The number of benzene rings is 3. The molecule has 0 saturated heterocycles. The third-order valence-electron chi connectivity index (χ3n) is 5.73. The summed E-state index contributed by atoms with van der Waals surface area (Å²) in [6, 6.07) is 25.8. The van der Waals surface area contributed by atoms with Crippen LogP contribution in [0.25, 0.3) is 0 Å². The van der Waals surface area contributed by atoms with E-state index < -0.39 is 0 Å². The van der Waals surface area contributed by atoms with Crippen LogP contribution in [-0.2, 0) is 12.8 Å². The van der Waals surface area contributed by atoms with Crippen molar-refractivity contribution in [1.29, 1.82) is 0 Å². The molecule has 168 valence electrons. The molecule has 2 heteroatoms. The number of anilines is 1. The van der Waals surface area contributed by atoms with Crippen molar-refractivity contribution in [3.05, 3.63) is 101 Å². The van der Waals surface area contributed by atoms with Gasteiger partial charge >= 0.3 is 0 Å². The lowest BCUT2D eigenvalue weighted by Gasteiger charge is -2.22. The van der Waals surface area contributed by atoms with E-state index in [4.69, 9.17) is 0 Å². The first-order valence-electron chi connectivity index (χ1n) is 11.9. The van der Waals surface area contributed by atoms with Crippen LogP contribution in [0, 0.1) is 11.8 Å². The zero-order valence-electron chi connectivity index (χ0n) is 20.2. The maximum atomic E-state index is 12.2. The number of carbonyl (C=O) groups is 1. The van der Waals surface area contributed by atoms with Crippen LogP contribution < -0.4 is 5.32 Å². The Kier molecular flexibility index (Phi) is 8.27. The van der Waals surface area contributed by atoms with E-state index in [1.54, 1.807) is 0 Å². The van der Waals surface area contributed by atoms with Gasteiger partial charge in [0.2, 0.25) is 0 Å². The SMILES string of the molecule is CCC(=O)c1cccc(NC(c2ccc(CC(C)C)cc2)c2ccc(CC(C)C)cc2)c1. The van der Waals surface area contributed by atoms with E-state index in [-0.39, 0.29) is 11.8 Å². The van der Waals surface area contributed by atoms with Gasteiger partial charge in [-0.15, -0.1) is 0 Å². The fourth-order valence-corrected chi connectivity index (χ4v) is 4.15. The number of rotatable bonds is 10. The molecule has 0 aromatic heterocycles. The second kappa shape index (κ2) is 11.1. The Morgan fingerprint density at radius 2 is 1.25 bits per heavy atom. The highest BCUT2D eigenvalue weighted by Crippen LogP contribution is 2.29. The normalized spacial score (nSPS) is 11.4. The number of hydrogen-bond donors (Lipinski definition) is 1. The zero-order chi connectivity index (χ0) is 23.1. The molecule has 0 bridgehead atoms. The minimum atomic E-state index is 0.0168. The summed E-state index contributed by atoms with van der Waals surface area (Å²) in [5.41, 5.74) is 6.90. The van der Waals surface area contributed by atoms with Crippen molar-refractivity contribution in [2.24, 2.45) is 11.8 Å². The molecule has 2 nitrogen and oxygen atoms in total. The first-order chi connectivity index (χ1) is 15.4. The van der Waals surface area contributed by atoms with Crippen molar-refractivity contribution < 1.29 is 4.79 Å². The van der Waals surface area contributed by atoms with Gasteiger partial charge in [0.1, 0.15) is 0 Å². The summed E-state index contributed by atoms with van der Waals surface area (Å²) >= 11 is 0. The molecule has 0 aliphatic rings. The highest BCUT2D eigenvalue weighted by atomic mass is 16.1. The fourth-order valence-electron chi connectivity index (χ4n) is 4.15. The molecule has 0 aliphatic heterocycles. The molecule has 0 aliphatic carbocycles. The maximum absolute atomic E-state index is 12.2. The molecule has 0 amide bonds. The number of nitrogens with one attached hydrogen (secondary N) is 1. The van der Waals surface area contributed by atoms with Crippen molar-refractivity contribution in [2.75, 3.05) is 5.32 Å². The largest absolute Gasteiger partial charge is 0.374 e. The number of carbonyl (C=O) groups excluding carboxylic acids is 1. The average molecular weight is 428 g/mol. The van der Waals surface area contributed by atoms with Crippen LogP contribution in [0.1, 0.15) is 79.7 Å². The van der Waals surface area contributed by atoms with Crippen LogP contribution >= 0.6 is 0 Å². The van der Waals surface area contributed by atoms with Crippen molar-refractivity contribution in [2.45, 2.75) is 59.9 Å². The van der Waals surface area contributed by atoms with Gasteiger partial charge in [0.15, 0.2) is 5.78 Å². The van der Waals surface area contributed by atoms with Crippen molar-refractivity contribution in [3.63, 3.8) is 0 Å². The summed E-state index contributed by atoms with van der Waals surface area (Å²) in [5.74, 6) is 1.45. The van der Waals surface area contributed by atoms with Crippen molar-refractivity contribution in [1.82, 2.24) is 0 Å². The third kappa shape index (κ3) is 6.56. The smallest absolute Gasteiger partial charge is 0.162 e. The average Bonchev–Trinajstić information content (AvgIpc) is 2.78. The van der Waals surface area contributed by atoms with Gasteiger partial charge in [-0.1, -0.05) is 95.3 Å². The third-order valence-corrected chi connectivity index (χ3v) is 5.73. The second-order valence-corrected chi connectivity index (χ2v) is 9.61. The van der Waals surface area contributed by atoms with Crippen LogP contribution in [0.4, 0.5) is 5.69 Å². The van der Waals surface area contributed by atoms with E-state index in [2.05, 4.69) is 81.5 Å². The fraction of sp³-hybridized carbons (Fsp3) is 0.367. The Morgan fingerprint density at radius 1 is 0.750 bits per heavy atom. The Balaban J connectivity index is 1.93. The van der Waals surface area contributed by atoms with E-state index >= 15 is 0 Å². The highest BCUT2D eigenvalue weighted by Gasteiger charge is 2.16. The molecule has 3 rings (SSSR count). The van der Waals surface area contributed by atoms with Crippen LogP contribution in [0.2, 0.25) is 0 Å². The van der Waals surface area contributed by atoms with Gasteiger partial charge < -0.3 is 5.32 Å². The summed E-state index contributed by atoms with van der Waals surface area (Å²) in [7, 11) is 0. The van der Waals surface area contributed by atoms with Crippen LogP contribution in [0.5, 0.6) is 0 Å². The van der Waals surface area contributed by atoms with E-state index in [1.165, 1.54) is 22.3 Å². The molecule has 3 aromatic carbocycles. The predicted molar refractivity (Wildman–Crippen MR) is 136 cm³/mol. The lowest BCUT2D eigenvalue weighted by Crippen LogP contribution is -2.13. The molecular formula is C30H37NO. The van der Waals surface area contributed by atoms with E-state index in [0.29, 0.717) is 18.3 Å². The molecular weight excluding hydrogens is 390 g/mol. The van der Waals surface area contributed by atoms with E-state index in [0.717, 1.165) is 24.1 Å². The van der Waals surface area contributed by atoms with Crippen LogP contribution in [0.15, 0.2) is 72.8 Å². The summed E-state index contributed by atoms with van der Waals surface area (Å²) in [6.07, 6.45) is 2.69. The molecule has 0 fully saturated rings. The van der Waals surface area contributed by atoms with Gasteiger partial charge in [0.05, 0.1) is 6.04 Å². The zero-order valence-corrected chi connectivity index (χ0v) is 20.2. The van der Waals surface area contributed by atoms with E-state index in [1.807, 2.05) is 31.2 Å². The minimum absolute atomic E-state index is 0.0168. The summed E-state index contributed by atoms with van der Waals surface area (Å²) in [5, 5.41) is 3.70. The van der Waals surface area contributed by atoms with Gasteiger partial charge in [-0.3, -0.25) is 4.79 Å². The summed E-state index contributed by atoms with van der Waals surface area (Å²) < 4.78 is 0. The Bertz CT molecular complexity index is 946. The van der Waals surface area contributed by atoms with Crippen molar-refractivity contribution >= 4 is 11.5 Å². The molecule has 0 saturated carbocycles. The number of Topliss-reactive ketones (excluding diaryl/α,β-unsaturated/α-hetero) is 1. The second-order valence-electron chi connectivity index (χ2n) is 9.61. The number of ketones is 1. The highest BCUT2D eigenvalue weighted by molar-refractivity contribution is 5.96. The monoisotopic (exact) mass is 427 g/mol. The molecule has 32 heavy (non-hydrogen) atoms. The lowest BCUT2D eigenvalue weighted by atomic mass is 9.93. The summed E-state index contributed by atoms with van der Waals surface area (Å²) in [6.45, 7) is 10.9. The minimum Gasteiger partial charge on any atom is -0.374 e. The lowest BCUT2D eigenvalue weighted by molar-refractivity contribution is 0.0988. The first kappa shape index (κ1) is 23.8. The Labute approximate surface area is 194 Å². The van der Waals surface area contributed by atoms with Gasteiger partial charge in [-0.2, -0.15) is 0 Å². The maximum Gasteiger partial charge on any atom is 0.162 e. The molecule has 0 radical (unpaired) electrons. The molecule has 0 heterocycles. The molecule has 0 spiro atoms. The topological polar surface area (TPSA) is 29.1 Å². The van der Waals surface area contributed by atoms with Gasteiger partial charge in [-0.05, 0) is 59.1 Å². The molecule has 3 aromatic rings. The predicted octanol–water partition coefficient (Wildman–Crippen LogP) is 7.88. The first-order valence-corrected chi connectivity index (χ1v) is 11.9. The van der Waals surface area contributed by atoms with E-state index in [9.17, 15) is 4.79 Å². The standard InChI is InChI=1S/C30H37NO/c1-6-29(32)27-8-7-9-28(20-27)31-30(25-14-10-23(11-15-25)18-21(2)3)26-16-12-24(13-17-26)19-22(4)5/h7-17,20-22,30-31H,6,18-19H2,1-5H3. The van der Waals surface area contributed by atoms with Gasteiger partial charge in [0.25, 0.3) is 0 Å². The Morgan fingerprint density at radius 3 is 1.69 bits per heavy atom.